The van der Waals surface area contributed by atoms with Gasteiger partial charge in [0.25, 0.3) is 5.91 Å². The second-order valence-corrected chi connectivity index (χ2v) is 6.16. The first-order valence-electron chi connectivity index (χ1n) is 7.91. The first-order valence-corrected chi connectivity index (χ1v) is 7.91. The number of carboxylic acid groups (broad SMARTS) is 1. The van der Waals surface area contributed by atoms with Crippen LogP contribution >= 0.6 is 0 Å². The number of anilines is 1. The van der Waals surface area contributed by atoms with Crippen LogP contribution in [0.3, 0.4) is 0 Å². The fraction of sp³-hybridized carbons (Fsp3) is 0.211. The zero-order valence-electron chi connectivity index (χ0n) is 13.7. The number of nitrogens with one attached hydrogen (secondary N) is 2. The smallest absolute Gasteiger partial charge is 0.330 e. The molecule has 0 radical (unpaired) electrons. The Morgan fingerprint density at radius 1 is 1.08 bits per heavy atom. The lowest BCUT2D eigenvalue weighted by atomic mass is 10.1. The lowest BCUT2D eigenvalue weighted by Crippen LogP contribution is -2.44. The quantitative estimate of drug-likeness (QED) is 0.780. The van der Waals surface area contributed by atoms with Crippen molar-refractivity contribution in [3.63, 3.8) is 0 Å². The third kappa shape index (κ3) is 3.38. The Hall–Kier alpha value is -3.15. The van der Waals surface area contributed by atoms with Crippen LogP contribution in [0.2, 0.25) is 0 Å². The normalized spacial score (nSPS) is 21.2. The van der Waals surface area contributed by atoms with Crippen molar-refractivity contribution in [3.05, 3.63) is 65.7 Å². The Labute approximate surface area is 144 Å². The second-order valence-electron chi connectivity index (χ2n) is 6.16. The summed E-state index contributed by atoms with van der Waals surface area (Å²) in [5, 5.41) is 14.9. The summed E-state index contributed by atoms with van der Waals surface area (Å²) in [6, 6.07) is 15.7. The zero-order valence-corrected chi connectivity index (χ0v) is 13.7. The Bertz CT molecular complexity index is 834. The molecule has 2 unspecified atom stereocenters. The van der Waals surface area contributed by atoms with E-state index in [9.17, 15) is 19.5 Å². The number of rotatable bonds is 5. The molecule has 1 aliphatic carbocycles. The molecule has 2 atom stereocenters. The minimum Gasteiger partial charge on any atom is -0.479 e. The van der Waals surface area contributed by atoms with Gasteiger partial charge in [-0.2, -0.15) is 0 Å². The van der Waals surface area contributed by atoms with Gasteiger partial charge in [0.15, 0.2) is 0 Å². The Morgan fingerprint density at radius 3 is 2.44 bits per heavy atom. The molecular weight excluding hydrogens is 320 g/mol. The highest BCUT2D eigenvalue weighted by Gasteiger charge is 2.62. The van der Waals surface area contributed by atoms with Gasteiger partial charge in [0, 0.05) is 24.1 Å². The van der Waals surface area contributed by atoms with Crippen LogP contribution < -0.4 is 10.6 Å². The van der Waals surface area contributed by atoms with Gasteiger partial charge in [-0.05, 0) is 30.2 Å². The molecule has 25 heavy (non-hydrogen) atoms. The van der Waals surface area contributed by atoms with Crippen molar-refractivity contribution in [1.82, 2.24) is 5.32 Å². The van der Waals surface area contributed by atoms with Gasteiger partial charge in [0.05, 0.1) is 0 Å². The summed E-state index contributed by atoms with van der Waals surface area (Å²) in [5.74, 6) is -2.03. The number of carbonyl (C=O) groups excluding carboxylic acids is 2. The number of amides is 2. The Kier molecular flexibility index (Phi) is 4.27. The molecule has 0 heterocycles. The molecule has 0 bridgehead atoms. The molecule has 2 amide bonds. The number of hydrogen-bond acceptors (Lipinski definition) is 3. The fourth-order valence-electron chi connectivity index (χ4n) is 2.99. The maximum Gasteiger partial charge on any atom is 0.330 e. The predicted molar refractivity (Wildman–Crippen MR) is 92.4 cm³/mol. The number of carboxylic acids is 1. The summed E-state index contributed by atoms with van der Waals surface area (Å²) < 4.78 is 0. The number of benzene rings is 2. The van der Waals surface area contributed by atoms with Gasteiger partial charge in [-0.15, -0.1) is 0 Å². The molecule has 6 nitrogen and oxygen atoms in total. The molecule has 128 valence electrons. The lowest BCUT2D eigenvalue weighted by Gasteiger charge is -2.15. The zero-order chi connectivity index (χ0) is 18.0. The summed E-state index contributed by atoms with van der Waals surface area (Å²) in [7, 11) is 0. The number of carbonyl (C=O) groups is 3. The Balaban J connectivity index is 1.79. The standard InChI is InChI=1S/C19H18N2O4/c1-12(22)20-15-9-5-8-14(10-15)17(23)21-19(18(24)25)11-16(19)13-6-3-2-4-7-13/h2-10,16H,11H2,1H3,(H,20,22)(H,21,23)(H,24,25). The average molecular weight is 338 g/mol. The maximum absolute atomic E-state index is 12.5. The number of hydrogen-bond donors (Lipinski definition) is 3. The van der Waals surface area contributed by atoms with E-state index in [1.807, 2.05) is 30.3 Å². The van der Waals surface area contributed by atoms with E-state index in [4.69, 9.17) is 0 Å². The highest BCUT2D eigenvalue weighted by atomic mass is 16.4. The van der Waals surface area contributed by atoms with E-state index in [-0.39, 0.29) is 11.8 Å². The first-order chi connectivity index (χ1) is 11.9. The topological polar surface area (TPSA) is 95.5 Å². The molecule has 6 heteroatoms. The van der Waals surface area contributed by atoms with Crippen LogP contribution in [0.4, 0.5) is 5.69 Å². The minimum absolute atomic E-state index is 0.245. The van der Waals surface area contributed by atoms with Crippen molar-refractivity contribution in [2.75, 3.05) is 5.32 Å². The van der Waals surface area contributed by atoms with Crippen molar-refractivity contribution in [2.24, 2.45) is 0 Å². The molecule has 0 spiro atoms. The third-order valence-corrected chi connectivity index (χ3v) is 4.33. The first kappa shape index (κ1) is 16.7. The second kappa shape index (κ2) is 6.39. The molecule has 1 aliphatic rings. The highest BCUT2D eigenvalue weighted by molar-refractivity contribution is 6.01. The van der Waals surface area contributed by atoms with Gasteiger partial charge in [-0.25, -0.2) is 4.79 Å². The largest absolute Gasteiger partial charge is 0.479 e. The van der Waals surface area contributed by atoms with E-state index in [0.717, 1.165) is 5.56 Å². The summed E-state index contributed by atoms with van der Waals surface area (Å²) in [5.41, 5.74) is 0.380. The molecule has 2 aromatic carbocycles. The monoisotopic (exact) mass is 338 g/mol. The predicted octanol–water partition coefficient (Wildman–Crippen LogP) is 2.39. The van der Waals surface area contributed by atoms with Gasteiger partial charge in [-0.3, -0.25) is 9.59 Å². The molecule has 0 aromatic heterocycles. The third-order valence-electron chi connectivity index (χ3n) is 4.33. The van der Waals surface area contributed by atoms with Crippen LogP contribution in [0, 0.1) is 0 Å². The lowest BCUT2D eigenvalue weighted by molar-refractivity contribution is -0.140. The highest BCUT2D eigenvalue weighted by Crippen LogP contribution is 2.51. The van der Waals surface area contributed by atoms with Gasteiger partial charge >= 0.3 is 5.97 Å². The van der Waals surface area contributed by atoms with Crippen molar-refractivity contribution >= 4 is 23.5 Å². The summed E-state index contributed by atoms with van der Waals surface area (Å²) in [6.07, 6.45) is 0.351. The average Bonchev–Trinajstić information content (AvgIpc) is 3.31. The van der Waals surface area contributed by atoms with Crippen molar-refractivity contribution in [1.29, 1.82) is 0 Å². The van der Waals surface area contributed by atoms with Crippen LogP contribution in [-0.2, 0) is 9.59 Å². The Morgan fingerprint density at radius 2 is 1.80 bits per heavy atom. The summed E-state index contributed by atoms with van der Waals surface area (Å²) in [4.78, 5) is 35.4. The van der Waals surface area contributed by atoms with Crippen LogP contribution in [0.25, 0.3) is 0 Å². The fourth-order valence-corrected chi connectivity index (χ4v) is 2.99. The molecule has 0 saturated heterocycles. The molecule has 3 N–H and O–H groups in total. The SMILES string of the molecule is CC(=O)Nc1cccc(C(=O)NC2(C(=O)O)CC2c2ccccc2)c1. The van der Waals surface area contributed by atoms with Crippen LogP contribution in [0.15, 0.2) is 54.6 Å². The van der Waals surface area contributed by atoms with E-state index in [2.05, 4.69) is 10.6 Å². The molecule has 3 rings (SSSR count). The van der Waals surface area contributed by atoms with Crippen LogP contribution in [0.5, 0.6) is 0 Å². The van der Waals surface area contributed by atoms with Gasteiger partial charge < -0.3 is 15.7 Å². The van der Waals surface area contributed by atoms with Crippen LogP contribution in [-0.4, -0.2) is 28.4 Å². The molecule has 1 saturated carbocycles. The van der Waals surface area contributed by atoms with Crippen molar-refractivity contribution in [2.45, 2.75) is 24.8 Å². The van der Waals surface area contributed by atoms with Crippen molar-refractivity contribution < 1.29 is 19.5 Å². The summed E-state index contributed by atoms with van der Waals surface area (Å²) in [6.45, 7) is 1.38. The van der Waals surface area contributed by atoms with E-state index >= 15 is 0 Å². The van der Waals surface area contributed by atoms with Gasteiger partial charge in [0.2, 0.25) is 5.91 Å². The minimum atomic E-state index is -1.29. The van der Waals surface area contributed by atoms with Gasteiger partial charge in [-0.1, -0.05) is 36.4 Å². The van der Waals surface area contributed by atoms with Crippen molar-refractivity contribution in [3.8, 4) is 0 Å². The maximum atomic E-state index is 12.5. The summed E-state index contributed by atoms with van der Waals surface area (Å²) >= 11 is 0. The van der Waals surface area contributed by atoms with E-state index < -0.39 is 17.4 Å². The molecule has 2 aromatic rings. The molecule has 1 fully saturated rings. The van der Waals surface area contributed by atoms with Gasteiger partial charge in [0.1, 0.15) is 5.54 Å². The molecular formula is C19H18N2O4. The van der Waals surface area contributed by atoms with E-state index in [1.165, 1.54) is 13.0 Å². The van der Waals surface area contributed by atoms with E-state index in [1.54, 1.807) is 18.2 Å². The number of aliphatic carboxylic acids is 1. The molecule has 0 aliphatic heterocycles. The van der Waals surface area contributed by atoms with E-state index in [0.29, 0.717) is 17.7 Å². The van der Waals surface area contributed by atoms with Crippen LogP contribution in [0.1, 0.15) is 35.2 Å².